The van der Waals surface area contributed by atoms with Crippen molar-refractivity contribution in [2.75, 3.05) is 0 Å². The minimum absolute atomic E-state index is 0.133. The van der Waals surface area contributed by atoms with E-state index in [1.807, 2.05) is 6.20 Å². The summed E-state index contributed by atoms with van der Waals surface area (Å²) in [6.45, 7) is 4.65. The Hall–Kier alpha value is -1.00. The maximum Gasteiger partial charge on any atom is 0.0772 e. The van der Waals surface area contributed by atoms with E-state index >= 15 is 0 Å². The van der Waals surface area contributed by atoms with Crippen molar-refractivity contribution < 1.29 is 0 Å². The SMILES string of the molecule is CC1CC(C)CC(C(NN)c2cnccn2)C1. The number of hydrogen-bond acceptors (Lipinski definition) is 4. The lowest BCUT2D eigenvalue weighted by atomic mass is 9.73. The van der Waals surface area contributed by atoms with Gasteiger partial charge in [-0.15, -0.1) is 0 Å². The molecule has 1 heterocycles. The monoisotopic (exact) mass is 234 g/mol. The van der Waals surface area contributed by atoms with Crippen molar-refractivity contribution in [3.05, 3.63) is 24.3 Å². The van der Waals surface area contributed by atoms with Crippen molar-refractivity contribution in [3.8, 4) is 0 Å². The van der Waals surface area contributed by atoms with Crippen LogP contribution in [-0.4, -0.2) is 9.97 Å². The molecular formula is C13H22N4. The highest BCUT2D eigenvalue weighted by Gasteiger charge is 2.31. The average molecular weight is 234 g/mol. The van der Waals surface area contributed by atoms with E-state index in [-0.39, 0.29) is 6.04 Å². The second kappa shape index (κ2) is 5.56. The Morgan fingerprint density at radius 2 is 1.94 bits per heavy atom. The molecular weight excluding hydrogens is 212 g/mol. The Kier molecular flexibility index (Phi) is 4.07. The third-order valence-corrected chi connectivity index (χ3v) is 3.77. The number of aromatic nitrogens is 2. The van der Waals surface area contributed by atoms with E-state index in [4.69, 9.17) is 5.84 Å². The summed E-state index contributed by atoms with van der Waals surface area (Å²) in [5.74, 6) is 7.82. The molecule has 17 heavy (non-hydrogen) atoms. The predicted molar refractivity (Wildman–Crippen MR) is 67.8 cm³/mol. The lowest BCUT2D eigenvalue weighted by Crippen LogP contribution is -2.37. The van der Waals surface area contributed by atoms with Gasteiger partial charge in [-0.25, -0.2) is 0 Å². The van der Waals surface area contributed by atoms with Crippen LogP contribution in [-0.2, 0) is 0 Å². The molecule has 1 saturated carbocycles. The van der Waals surface area contributed by atoms with Crippen LogP contribution in [0.5, 0.6) is 0 Å². The summed E-state index contributed by atoms with van der Waals surface area (Å²) >= 11 is 0. The van der Waals surface area contributed by atoms with Gasteiger partial charge in [-0.2, -0.15) is 0 Å². The maximum atomic E-state index is 5.71. The Labute approximate surface area is 103 Å². The molecule has 0 radical (unpaired) electrons. The van der Waals surface area contributed by atoms with Gasteiger partial charge in [0.15, 0.2) is 0 Å². The minimum atomic E-state index is 0.133. The molecule has 1 aromatic rings. The van der Waals surface area contributed by atoms with Crippen molar-refractivity contribution in [2.24, 2.45) is 23.6 Å². The highest BCUT2D eigenvalue weighted by molar-refractivity contribution is 5.04. The van der Waals surface area contributed by atoms with Crippen LogP contribution >= 0.6 is 0 Å². The standard InChI is InChI=1S/C13H22N4/c1-9-5-10(2)7-11(6-9)13(17-14)12-8-15-3-4-16-12/h3-4,8-11,13,17H,5-7,14H2,1-2H3. The van der Waals surface area contributed by atoms with Crippen LogP contribution in [0.3, 0.4) is 0 Å². The molecule has 0 aliphatic heterocycles. The first-order chi connectivity index (χ1) is 8.20. The van der Waals surface area contributed by atoms with Crippen LogP contribution in [0.25, 0.3) is 0 Å². The summed E-state index contributed by atoms with van der Waals surface area (Å²) in [5, 5.41) is 0. The van der Waals surface area contributed by atoms with E-state index in [0.717, 1.165) is 17.5 Å². The Morgan fingerprint density at radius 1 is 1.24 bits per heavy atom. The largest absolute Gasteiger partial charge is 0.271 e. The first kappa shape index (κ1) is 12.5. The molecule has 4 nitrogen and oxygen atoms in total. The van der Waals surface area contributed by atoms with E-state index in [0.29, 0.717) is 5.92 Å². The lowest BCUT2D eigenvalue weighted by Gasteiger charge is -2.35. The van der Waals surface area contributed by atoms with E-state index in [2.05, 4.69) is 29.2 Å². The lowest BCUT2D eigenvalue weighted by molar-refractivity contribution is 0.175. The second-order valence-corrected chi connectivity index (χ2v) is 5.45. The highest BCUT2D eigenvalue weighted by atomic mass is 15.2. The van der Waals surface area contributed by atoms with Gasteiger partial charge in [-0.3, -0.25) is 21.2 Å². The van der Waals surface area contributed by atoms with Gasteiger partial charge in [0.1, 0.15) is 0 Å². The van der Waals surface area contributed by atoms with Gasteiger partial charge in [-0.05, 0) is 37.0 Å². The molecule has 94 valence electrons. The van der Waals surface area contributed by atoms with Crippen LogP contribution in [0.4, 0.5) is 0 Å². The van der Waals surface area contributed by atoms with Crippen molar-refractivity contribution in [1.29, 1.82) is 0 Å². The minimum Gasteiger partial charge on any atom is -0.271 e. The molecule has 4 heteroatoms. The third-order valence-electron chi connectivity index (χ3n) is 3.77. The van der Waals surface area contributed by atoms with Gasteiger partial charge in [0, 0.05) is 12.4 Å². The van der Waals surface area contributed by atoms with Crippen molar-refractivity contribution >= 4 is 0 Å². The van der Waals surface area contributed by atoms with E-state index in [9.17, 15) is 0 Å². The van der Waals surface area contributed by atoms with Crippen LogP contribution in [0, 0.1) is 17.8 Å². The summed E-state index contributed by atoms with van der Waals surface area (Å²) in [7, 11) is 0. The van der Waals surface area contributed by atoms with Gasteiger partial charge in [0.05, 0.1) is 17.9 Å². The quantitative estimate of drug-likeness (QED) is 0.620. The predicted octanol–water partition coefficient (Wildman–Crippen LogP) is 2.05. The average Bonchev–Trinajstić information content (AvgIpc) is 2.30. The summed E-state index contributed by atoms with van der Waals surface area (Å²) in [5.41, 5.74) is 3.89. The zero-order valence-corrected chi connectivity index (χ0v) is 10.6. The van der Waals surface area contributed by atoms with E-state index in [1.165, 1.54) is 19.3 Å². The van der Waals surface area contributed by atoms with Gasteiger partial charge < -0.3 is 0 Å². The second-order valence-electron chi connectivity index (χ2n) is 5.45. The summed E-state index contributed by atoms with van der Waals surface area (Å²) < 4.78 is 0. The fraction of sp³-hybridized carbons (Fsp3) is 0.692. The molecule has 0 amide bonds. The van der Waals surface area contributed by atoms with Gasteiger partial charge in [0.2, 0.25) is 0 Å². The van der Waals surface area contributed by atoms with Crippen LogP contribution in [0.15, 0.2) is 18.6 Å². The van der Waals surface area contributed by atoms with Gasteiger partial charge in [-0.1, -0.05) is 13.8 Å². The number of nitrogens with zero attached hydrogens (tertiary/aromatic N) is 2. The number of nitrogens with two attached hydrogens (primary N) is 1. The van der Waals surface area contributed by atoms with Crippen LogP contribution < -0.4 is 11.3 Å². The fourth-order valence-electron chi connectivity index (χ4n) is 3.22. The molecule has 1 fully saturated rings. The Balaban J connectivity index is 2.13. The molecule has 1 aromatic heterocycles. The highest BCUT2D eigenvalue weighted by Crippen LogP contribution is 2.38. The molecule has 3 unspecified atom stereocenters. The van der Waals surface area contributed by atoms with Crippen LogP contribution in [0.1, 0.15) is 44.8 Å². The number of nitrogens with one attached hydrogen (secondary N) is 1. The Morgan fingerprint density at radius 3 is 2.47 bits per heavy atom. The number of rotatable bonds is 3. The summed E-state index contributed by atoms with van der Waals surface area (Å²) in [4.78, 5) is 8.50. The summed E-state index contributed by atoms with van der Waals surface area (Å²) in [6, 6.07) is 0.133. The number of hydrogen-bond donors (Lipinski definition) is 2. The van der Waals surface area contributed by atoms with E-state index in [1.54, 1.807) is 12.4 Å². The van der Waals surface area contributed by atoms with Crippen molar-refractivity contribution in [3.63, 3.8) is 0 Å². The molecule has 3 atom stereocenters. The third kappa shape index (κ3) is 3.01. The smallest absolute Gasteiger partial charge is 0.0772 e. The molecule has 0 bridgehead atoms. The van der Waals surface area contributed by atoms with Crippen LogP contribution in [0.2, 0.25) is 0 Å². The molecule has 0 spiro atoms. The number of hydrazine groups is 1. The topological polar surface area (TPSA) is 63.8 Å². The molecule has 2 rings (SSSR count). The molecule has 0 saturated heterocycles. The first-order valence-corrected chi connectivity index (χ1v) is 6.42. The van der Waals surface area contributed by atoms with Crippen molar-refractivity contribution in [1.82, 2.24) is 15.4 Å². The van der Waals surface area contributed by atoms with Gasteiger partial charge in [0.25, 0.3) is 0 Å². The fourth-order valence-corrected chi connectivity index (χ4v) is 3.22. The normalized spacial score (nSPS) is 31.1. The molecule has 1 aliphatic rings. The summed E-state index contributed by atoms with van der Waals surface area (Å²) in [6.07, 6.45) is 9.01. The Bertz CT molecular complexity index is 331. The zero-order valence-electron chi connectivity index (χ0n) is 10.6. The van der Waals surface area contributed by atoms with E-state index < -0.39 is 0 Å². The maximum absolute atomic E-state index is 5.71. The molecule has 1 aliphatic carbocycles. The van der Waals surface area contributed by atoms with Gasteiger partial charge >= 0.3 is 0 Å². The molecule has 0 aromatic carbocycles. The van der Waals surface area contributed by atoms with Crippen molar-refractivity contribution in [2.45, 2.75) is 39.2 Å². The zero-order chi connectivity index (χ0) is 12.3. The molecule has 3 N–H and O–H groups in total. The first-order valence-electron chi connectivity index (χ1n) is 6.42.